The molecule has 0 aliphatic carbocycles. The minimum absolute atomic E-state index is 0.0644. The van der Waals surface area contributed by atoms with Gasteiger partial charge < -0.3 is 13.9 Å². The summed E-state index contributed by atoms with van der Waals surface area (Å²) in [6.45, 7) is 1.94. The molecule has 0 amide bonds. The smallest absolute Gasteiger partial charge is 0.336 e. The SMILES string of the molecule is CCc1ccc2c(COC(=O)Cc3ccc(OC)c(F)c3)cc(=O)oc2c1. The summed E-state index contributed by atoms with van der Waals surface area (Å²) in [5.41, 5.74) is 2.05. The Kier molecular flexibility index (Phi) is 5.54. The molecule has 140 valence electrons. The van der Waals surface area contributed by atoms with Gasteiger partial charge in [0.25, 0.3) is 0 Å². The van der Waals surface area contributed by atoms with Crippen LogP contribution in [0.4, 0.5) is 4.39 Å². The fraction of sp³-hybridized carbons (Fsp3) is 0.238. The van der Waals surface area contributed by atoms with Gasteiger partial charge in [-0.3, -0.25) is 4.79 Å². The number of carbonyl (C=O) groups excluding carboxylic acids is 1. The number of halogens is 1. The Hall–Kier alpha value is -3.15. The lowest BCUT2D eigenvalue weighted by Gasteiger charge is -2.09. The van der Waals surface area contributed by atoms with Crippen molar-refractivity contribution >= 4 is 16.9 Å². The molecule has 1 aromatic heterocycles. The standard InChI is InChI=1S/C21H19FO5/c1-3-13-4-6-16-15(11-21(24)27-19(16)9-13)12-26-20(23)10-14-5-7-18(25-2)17(22)8-14/h4-9,11H,3,10,12H2,1-2H3. The maximum Gasteiger partial charge on any atom is 0.336 e. The van der Waals surface area contributed by atoms with Crippen molar-refractivity contribution in [1.82, 2.24) is 0 Å². The summed E-state index contributed by atoms with van der Waals surface area (Å²) in [7, 11) is 1.37. The topological polar surface area (TPSA) is 65.7 Å². The van der Waals surface area contributed by atoms with Crippen molar-refractivity contribution in [3.8, 4) is 5.75 Å². The fourth-order valence-corrected chi connectivity index (χ4v) is 2.81. The van der Waals surface area contributed by atoms with Crippen LogP contribution in [-0.2, 0) is 29.0 Å². The molecule has 0 radical (unpaired) electrons. The highest BCUT2D eigenvalue weighted by Crippen LogP contribution is 2.21. The number of hydrogen-bond donors (Lipinski definition) is 0. The molecular weight excluding hydrogens is 351 g/mol. The zero-order valence-corrected chi connectivity index (χ0v) is 15.1. The van der Waals surface area contributed by atoms with E-state index in [4.69, 9.17) is 13.9 Å². The van der Waals surface area contributed by atoms with Crippen molar-refractivity contribution < 1.29 is 23.1 Å². The Labute approximate surface area is 155 Å². The Morgan fingerprint density at radius 1 is 1.11 bits per heavy atom. The van der Waals surface area contributed by atoms with E-state index < -0.39 is 17.4 Å². The summed E-state index contributed by atoms with van der Waals surface area (Å²) < 4.78 is 29.1. The van der Waals surface area contributed by atoms with E-state index >= 15 is 0 Å². The minimum atomic E-state index is -0.541. The van der Waals surface area contributed by atoms with Crippen LogP contribution in [0.15, 0.2) is 51.7 Å². The fourth-order valence-electron chi connectivity index (χ4n) is 2.81. The molecule has 0 fully saturated rings. The van der Waals surface area contributed by atoms with Crippen LogP contribution in [0.25, 0.3) is 11.0 Å². The highest BCUT2D eigenvalue weighted by atomic mass is 19.1. The number of ether oxygens (including phenoxy) is 2. The van der Waals surface area contributed by atoms with E-state index in [9.17, 15) is 14.0 Å². The Balaban J connectivity index is 1.73. The van der Waals surface area contributed by atoms with Crippen molar-refractivity contribution in [2.75, 3.05) is 7.11 Å². The quantitative estimate of drug-likeness (QED) is 0.488. The van der Waals surface area contributed by atoms with Crippen LogP contribution < -0.4 is 10.4 Å². The number of aryl methyl sites for hydroxylation is 1. The Morgan fingerprint density at radius 3 is 2.59 bits per heavy atom. The van der Waals surface area contributed by atoms with Gasteiger partial charge in [-0.25, -0.2) is 9.18 Å². The van der Waals surface area contributed by atoms with Gasteiger partial charge in [0, 0.05) is 17.0 Å². The molecule has 0 aliphatic rings. The Bertz CT molecular complexity index is 1040. The highest BCUT2D eigenvalue weighted by Gasteiger charge is 2.12. The lowest BCUT2D eigenvalue weighted by Crippen LogP contribution is -2.10. The number of esters is 1. The number of carbonyl (C=O) groups is 1. The third-order valence-corrected chi connectivity index (χ3v) is 4.26. The third-order valence-electron chi connectivity index (χ3n) is 4.26. The molecule has 0 bridgehead atoms. The average molecular weight is 370 g/mol. The molecular formula is C21H19FO5. The van der Waals surface area contributed by atoms with Crippen molar-refractivity contribution in [2.24, 2.45) is 0 Å². The second-order valence-corrected chi connectivity index (χ2v) is 6.08. The highest BCUT2D eigenvalue weighted by molar-refractivity contribution is 5.81. The molecule has 0 aliphatic heterocycles. The predicted molar refractivity (Wildman–Crippen MR) is 98.3 cm³/mol. The minimum Gasteiger partial charge on any atom is -0.494 e. The van der Waals surface area contributed by atoms with Crippen LogP contribution in [0.5, 0.6) is 5.75 Å². The first-order valence-corrected chi connectivity index (χ1v) is 8.54. The number of methoxy groups -OCH3 is 1. The predicted octanol–water partition coefficient (Wildman–Crippen LogP) is 3.79. The van der Waals surface area contributed by atoms with E-state index in [-0.39, 0.29) is 18.8 Å². The largest absolute Gasteiger partial charge is 0.494 e. The molecule has 0 saturated heterocycles. The van der Waals surface area contributed by atoms with Gasteiger partial charge in [0.1, 0.15) is 12.2 Å². The molecule has 2 aromatic carbocycles. The van der Waals surface area contributed by atoms with Crippen LogP contribution in [0, 0.1) is 5.82 Å². The van der Waals surface area contributed by atoms with Crippen LogP contribution in [-0.4, -0.2) is 13.1 Å². The van der Waals surface area contributed by atoms with Gasteiger partial charge in [-0.15, -0.1) is 0 Å². The van der Waals surface area contributed by atoms with Gasteiger partial charge in [0.15, 0.2) is 11.6 Å². The molecule has 0 N–H and O–H groups in total. The first-order valence-electron chi connectivity index (χ1n) is 8.54. The maximum atomic E-state index is 13.7. The second-order valence-electron chi connectivity index (χ2n) is 6.08. The van der Waals surface area contributed by atoms with Gasteiger partial charge in [-0.1, -0.05) is 25.1 Å². The first kappa shape index (κ1) is 18.6. The summed E-state index contributed by atoms with van der Waals surface area (Å²) in [5, 5.41) is 0.718. The maximum absolute atomic E-state index is 13.7. The summed E-state index contributed by atoms with van der Waals surface area (Å²) >= 11 is 0. The molecule has 0 atom stereocenters. The van der Waals surface area contributed by atoms with E-state index in [1.54, 1.807) is 6.07 Å². The van der Waals surface area contributed by atoms with E-state index in [2.05, 4.69) is 0 Å². The molecule has 0 saturated carbocycles. The lowest BCUT2D eigenvalue weighted by atomic mass is 10.1. The van der Waals surface area contributed by atoms with Gasteiger partial charge in [0.2, 0.25) is 0 Å². The van der Waals surface area contributed by atoms with Gasteiger partial charge >= 0.3 is 11.6 Å². The van der Waals surface area contributed by atoms with E-state index in [1.807, 2.05) is 25.1 Å². The molecule has 1 heterocycles. The van der Waals surface area contributed by atoms with Crippen molar-refractivity contribution in [3.05, 3.63) is 75.4 Å². The summed E-state index contributed by atoms with van der Waals surface area (Å²) in [4.78, 5) is 23.9. The average Bonchev–Trinajstić information content (AvgIpc) is 2.65. The molecule has 6 heteroatoms. The van der Waals surface area contributed by atoms with Crippen LogP contribution in [0.1, 0.15) is 23.6 Å². The molecule has 0 unspecified atom stereocenters. The second kappa shape index (κ2) is 8.03. The monoisotopic (exact) mass is 370 g/mol. The van der Waals surface area contributed by atoms with Crippen molar-refractivity contribution in [1.29, 1.82) is 0 Å². The summed E-state index contributed by atoms with van der Waals surface area (Å²) in [5.74, 6) is -0.951. The lowest BCUT2D eigenvalue weighted by molar-refractivity contribution is -0.144. The summed E-state index contributed by atoms with van der Waals surface area (Å²) in [6, 6.07) is 11.2. The van der Waals surface area contributed by atoms with E-state index in [0.29, 0.717) is 16.7 Å². The molecule has 0 spiro atoms. The number of hydrogen-bond acceptors (Lipinski definition) is 5. The zero-order chi connectivity index (χ0) is 19.4. The molecule has 5 nitrogen and oxygen atoms in total. The number of fused-ring (bicyclic) bond motifs is 1. The number of rotatable bonds is 6. The van der Waals surface area contributed by atoms with Gasteiger partial charge in [-0.05, 0) is 35.7 Å². The molecule has 3 rings (SSSR count). The molecule has 3 aromatic rings. The summed E-state index contributed by atoms with van der Waals surface area (Å²) in [6.07, 6.45) is 0.734. The first-order chi connectivity index (χ1) is 13.0. The van der Waals surface area contributed by atoms with Crippen LogP contribution >= 0.6 is 0 Å². The normalized spacial score (nSPS) is 10.8. The molecule has 27 heavy (non-hydrogen) atoms. The van der Waals surface area contributed by atoms with E-state index in [1.165, 1.54) is 25.3 Å². The zero-order valence-electron chi connectivity index (χ0n) is 15.1. The van der Waals surface area contributed by atoms with E-state index in [0.717, 1.165) is 17.4 Å². The van der Waals surface area contributed by atoms with Crippen molar-refractivity contribution in [3.63, 3.8) is 0 Å². The van der Waals surface area contributed by atoms with Gasteiger partial charge in [0.05, 0.1) is 13.5 Å². The number of benzene rings is 2. The van der Waals surface area contributed by atoms with Crippen LogP contribution in [0.2, 0.25) is 0 Å². The van der Waals surface area contributed by atoms with Crippen LogP contribution in [0.3, 0.4) is 0 Å². The van der Waals surface area contributed by atoms with Crippen molar-refractivity contribution in [2.45, 2.75) is 26.4 Å². The third kappa shape index (κ3) is 4.34. The van der Waals surface area contributed by atoms with Gasteiger partial charge in [-0.2, -0.15) is 0 Å². The Morgan fingerprint density at radius 2 is 1.89 bits per heavy atom.